The summed E-state index contributed by atoms with van der Waals surface area (Å²) >= 11 is 0. The van der Waals surface area contributed by atoms with Crippen LogP contribution in [0.25, 0.3) is 10.4 Å². The van der Waals surface area contributed by atoms with Crippen molar-refractivity contribution in [3.8, 4) is 0 Å². The third kappa shape index (κ3) is 3.47. The molecule has 0 fully saturated rings. The maximum Gasteiger partial charge on any atom is 0.0510 e. The minimum absolute atomic E-state index is 0.414. The lowest BCUT2D eigenvalue weighted by Crippen LogP contribution is -1.94. The predicted molar refractivity (Wildman–Crippen MR) is 54.9 cm³/mol. The molecule has 1 aromatic carbocycles. The van der Waals surface area contributed by atoms with Gasteiger partial charge in [0.05, 0.1) is 13.2 Å². The summed E-state index contributed by atoms with van der Waals surface area (Å²) in [6.07, 6.45) is 0.889. The van der Waals surface area contributed by atoms with E-state index in [0.29, 0.717) is 13.2 Å². The van der Waals surface area contributed by atoms with Crippen molar-refractivity contribution in [1.29, 1.82) is 0 Å². The average Bonchev–Trinajstić information content (AvgIpc) is 2.24. The van der Waals surface area contributed by atoms with Gasteiger partial charge in [0.25, 0.3) is 0 Å². The number of methoxy groups -OCH3 is 1. The van der Waals surface area contributed by atoms with Gasteiger partial charge in [-0.15, -0.1) is 0 Å². The summed E-state index contributed by atoms with van der Waals surface area (Å²) in [5, 5.41) is 3.51. The van der Waals surface area contributed by atoms with Gasteiger partial charge in [-0.25, -0.2) is 0 Å². The molecular formula is C10H13N3O. The molecule has 0 aliphatic heterocycles. The van der Waals surface area contributed by atoms with E-state index in [-0.39, 0.29) is 0 Å². The SMILES string of the molecule is COCCc1cccc(CN=[N+]=[N-])c1. The van der Waals surface area contributed by atoms with Crippen molar-refractivity contribution in [2.24, 2.45) is 5.11 Å². The van der Waals surface area contributed by atoms with Gasteiger partial charge in [-0.05, 0) is 23.1 Å². The van der Waals surface area contributed by atoms with Crippen LogP contribution in [0.3, 0.4) is 0 Å². The normalized spacial score (nSPS) is 9.50. The quantitative estimate of drug-likeness (QED) is 0.401. The Kier molecular flexibility index (Phi) is 4.55. The molecule has 74 valence electrons. The lowest BCUT2D eigenvalue weighted by molar-refractivity contribution is 0.202. The van der Waals surface area contributed by atoms with Crippen LogP contribution in [0.5, 0.6) is 0 Å². The number of hydrogen-bond acceptors (Lipinski definition) is 2. The summed E-state index contributed by atoms with van der Waals surface area (Å²) in [7, 11) is 1.68. The summed E-state index contributed by atoms with van der Waals surface area (Å²) in [5.74, 6) is 0. The van der Waals surface area contributed by atoms with E-state index in [1.807, 2.05) is 24.3 Å². The van der Waals surface area contributed by atoms with Gasteiger partial charge in [-0.3, -0.25) is 0 Å². The summed E-state index contributed by atoms with van der Waals surface area (Å²) in [6.45, 7) is 1.13. The number of hydrogen-bond donors (Lipinski definition) is 0. The van der Waals surface area contributed by atoms with Crippen LogP contribution in [0.2, 0.25) is 0 Å². The van der Waals surface area contributed by atoms with Crippen LogP contribution >= 0.6 is 0 Å². The maximum absolute atomic E-state index is 8.18. The van der Waals surface area contributed by atoms with Crippen molar-refractivity contribution < 1.29 is 4.74 Å². The van der Waals surface area contributed by atoms with Crippen LogP contribution < -0.4 is 0 Å². The first-order valence-electron chi connectivity index (χ1n) is 4.44. The van der Waals surface area contributed by atoms with Gasteiger partial charge in [0.1, 0.15) is 0 Å². The smallest absolute Gasteiger partial charge is 0.0510 e. The molecule has 14 heavy (non-hydrogen) atoms. The molecule has 0 spiro atoms. The molecule has 1 rings (SSSR count). The number of nitrogens with zero attached hydrogens (tertiary/aromatic N) is 3. The molecule has 0 saturated carbocycles. The number of ether oxygens (including phenoxy) is 1. The summed E-state index contributed by atoms with van der Waals surface area (Å²) in [4.78, 5) is 2.72. The zero-order chi connectivity index (χ0) is 10.2. The van der Waals surface area contributed by atoms with E-state index in [2.05, 4.69) is 10.0 Å². The fourth-order valence-electron chi connectivity index (χ4n) is 1.22. The molecule has 0 amide bonds. The Labute approximate surface area is 83.1 Å². The second-order valence-electron chi connectivity index (χ2n) is 2.95. The van der Waals surface area contributed by atoms with Crippen molar-refractivity contribution in [1.82, 2.24) is 0 Å². The summed E-state index contributed by atoms with van der Waals surface area (Å²) in [6, 6.07) is 7.99. The van der Waals surface area contributed by atoms with Gasteiger partial charge in [-0.1, -0.05) is 29.4 Å². The Morgan fingerprint density at radius 2 is 2.21 bits per heavy atom. The molecule has 0 bridgehead atoms. The van der Waals surface area contributed by atoms with E-state index in [4.69, 9.17) is 10.3 Å². The van der Waals surface area contributed by atoms with Crippen molar-refractivity contribution in [3.05, 3.63) is 45.8 Å². The molecular weight excluding hydrogens is 178 g/mol. The molecule has 4 heteroatoms. The van der Waals surface area contributed by atoms with Gasteiger partial charge in [0.2, 0.25) is 0 Å². The van der Waals surface area contributed by atoms with E-state index in [1.54, 1.807) is 7.11 Å². The topological polar surface area (TPSA) is 58.0 Å². The zero-order valence-corrected chi connectivity index (χ0v) is 8.18. The highest BCUT2D eigenvalue weighted by Crippen LogP contribution is 2.07. The third-order valence-electron chi connectivity index (χ3n) is 1.90. The lowest BCUT2D eigenvalue weighted by Gasteiger charge is -2.02. The van der Waals surface area contributed by atoms with Crippen LogP contribution in [0, 0.1) is 0 Å². The molecule has 0 radical (unpaired) electrons. The van der Waals surface area contributed by atoms with E-state index >= 15 is 0 Å². The highest BCUT2D eigenvalue weighted by Gasteiger charge is 1.94. The average molecular weight is 191 g/mol. The summed E-state index contributed by atoms with van der Waals surface area (Å²) < 4.78 is 4.98. The molecule has 0 aromatic heterocycles. The van der Waals surface area contributed by atoms with Crippen LogP contribution in [0.4, 0.5) is 0 Å². The fourth-order valence-corrected chi connectivity index (χ4v) is 1.22. The van der Waals surface area contributed by atoms with Crippen molar-refractivity contribution in [3.63, 3.8) is 0 Å². The first-order chi connectivity index (χ1) is 6.86. The number of benzene rings is 1. The van der Waals surface area contributed by atoms with E-state index in [0.717, 1.165) is 12.0 Å². The second kappa shape index (κ2) is 6.02. The molecule has 1 aromatic rings. The minimum Gasteiger partial charge on any atom is -0.384 e. The second-order valence-corrected chi connectivity index (χ2v) is 2.95. The molecule has 0 aliphatic rings. The first kappa shape index (κ1) is 10.6. The Balaban J connectivity index is 2.63. The first-order valence-corrected chi connectivity index (χ1v) is 4.44. The Morgan fingerprint density at radius 3 is 2.93 bits per heavy atom. The van der Waals surface area contributed by atoms with E-state index in [1.165, 1.54) is 5.56 Å². The van der Waals surface area contributed by atoms with E-state index in [9.17, 15) is 0 Å². The summed E-state index contributed by atoms with van der Waals surface area (Å²) in [5.41, 5.74) is 10.4. The molecule has 0 saturated heterocycles. The Hall–Kier alpha value is -1.51. The standard InChI is InChI=1S/C10H13N3O/c1-14-6-5-9-3-2-4-10(7-9)8-12-13-11/h2-4,7H,5-6,8H2,1H3. The highest BCUT2D eigenvalue weighted by molar-refractivity contribution is 5.23. The molecule has 0 aliphatic carbocycles. The molecule has 0 heterocycles. The van der Waals surface area contributed by atoms with E-state index < -0.39 is 0 Å². The molecule has 0 unspecified atom stereocenters. The van der Waals surface area contributed by atoms with Crippen molar-refractivity contribution in [2.45, 2.75) is 13.0 Å². The van der Waals surface area contributed by atoms with Gasteiger partial charge in [0, 0.05) is 12.0 Å². The number of rotatable bonds is 5. The monoisotopic (exact) mass is 191 g/mol. The van der Waals surface area contributed by atoms with Gasteiger partial charge < -0.3 is 4.74 Å². The Morgan fingerprint density at radius 1 is 1.43 bits per heavy atom. The molecule has 0 N–H and O–H groups in total. The minimum atomic E-state index is 0.414. The largest absolute Gasteiger partial charge is 0.384 e. The van der Waals surface area contributed by atoms with Crippen LogP contribution in [-0.2, 0) is 17.7 Å². The third-order valence-corrected chi connectivity index (χ3v) is 1.90. The van der Waals surface area contributed by atoms with Crippen molar-refractivity contribution >= 4 is 0 Å². The molecule has 0 atom stereocenters. The van der Waals surface area contributed by atoms with Gasteiger partial charge in [0.15, 0.2) is 0 Å². The Bertz CT molecular complexity index is 332. The number of azide groups is 1. The van der Waals surface area contributed by atoms with Crippen molar-refractivity contribution in [2.75, 3.05) is 13.7 Å². The predicted octanol–water partition coefficient (Wildman–Crippen LogP) is 2.69. The maximum atomic E-state index is 8.18. The van der Waals surface area contributed by atoms with Crippen LogP contribution in [0.15, 0.2) is 29.4 Å². The molecule has 4 nitrogen and oxygen atoms in total. The lowest BCUT2D eigenvalue weighted by atomic mass is 10.1. The highest BCUT2D eigenvalue weighted by atomic mass is 16.5. The fraction of sp³-hybridized carbons (Fsp3) is 0.400. The van der Waals surface area contributed by atoms with Gasteiger partial charge in [-0.2, -0.15) is 0 Å². The van der Waals surface area contributed by atoms with Crippen LogP contribution in [-0.4, -0.2) is 13.7 Å². The van der Waals surface area contributed by atoms with Gasteiger partial charge >= 0.3 is 0 Å². The zero-order valence-electron chi connectivity index (χ0n) is 8.18. The van der Waals surface area contributed by atoms with Crippen LogP contribution in [0.1, 0.15) is 11.1 Å².